The second kappa shape index (κ2) is 8.50. The van der Waals surface area contributed by atoms with Crippen LogP contribution in [0.25, 0.3) is 0 Å². The van der Waals surface area contributed by atoms with Gasteiger partial charge in [-0.05, 0) is 55.2 Å². The molecule has 152 valence electrons. The van der Waals surface area contributed by atoms with E-state index in [-0.39, 0.29) is 17.6 Å². The zero-order valence-electron chi connectivity index (χ0n) is 16.8. The number of ketones is 1. The maximum absolute atomic E-state index is 13.1. The van der Waals surface area contributed by atoms with Gasteiger partial charge in [-0.1, -0.05) is 12.1 Å². The Kier molecular flexibility index (Phi) is 5.62. The summed E-state index contributed by atoms with van der Waals surface area (Å²) in [6.45, 7) is 2.05. The molecule has 1 fully saturated rings. The van der Waals surface area contributed by atoms with Crippen molar-refractivity contribution in [2.45, 2.75) is 25.7 Å². The largest absolute Gasteiger partial charge is 0.337 e. The molecule has 0 aromatic heterocycles. The van der Waals surface area contributed by atoms with Crippen molar-refractivity contribution in [3.05, 3.63) is 70.3 Å². The summed E-state index contributed by atoms with van der Waals surface area (Å²) in [4.78, 5) is 41.4. The summed E-state index contributed by atoms with van der Waals surface area (Å²) < 4.78 is 0. The molecule has 0 unspecified atom stereocenters. The molecular weight excluding hydrogens is 378 g/mol. The van der Waals surface area contributed by atoms with Crippen LogP contribution in [0.15, 0.2) is 42.5 Å². The number of nitrogens with zero attached hydrogens (tertiary/aromatic N) is 3. The lowest BCUT2D eigenvalue weighted by molar-refractivity contribution is 0.0718. The van der Waals surface area contributed by atoms with E-state index >= 15 is 0 Å². The van der Waals surface area contributed by atoms with Crippen LogP contribution in [0.5, 0.6) is 0 Å². The van der Waals surface area contributed by atoms with E-state index in [0.717, 1.165) is 24.0 Å². The minimum absolute atomic E-state index is 0.0587. The van der Waals surface area contributed by atoms with Crippen LogP contribution >= 0.6 is 0 Å². The molecule has 2 aliphatic rings. The van der Waals surface area contributed by atoms with Crippen LogP contribution in [0.1, 0.15) is 61.5 Å². The quantitative estimate of drug-likeness (QED) is 0.774. The van der Waals surface area contributed by atoms with E-state index in [1.165, 1.54) is 0 Å². The number of carbonyl (C=O) groups is 3. The van der Waals surface area contributed by atoms with Crippen molar-refractivity contribution < 1.29 is 14.4 Å². The third-order valence-corrected chi connectivity index (χ3v) is 5.81. The average Bonchev–Trinajstić information content (AvgIpc) is 3.04. The van der Waals surface area contributed by atoms with Crippen LogP contribution in [0.4, 0.5) is 0 Å². The highest BCUT2D eigenvalue weighted by Gasteiger charge is 2.25. The molecule has 0 bridgehead atoms. The number of rotatable bonds is 2. The van der Waals surface area contributed by atoms with Crippen LogP contribution in [0.3, 0.4) is 0 Å². The molecule has 2 aromatic rings. The Morgan fingerprint density at radius 2 is 1.53 bits per heavy atom. The van der Waals surface area contributed by atoms with E-state index < -0.39 is 0 Å². The predicted octanol–water partition coefficient (Wildman–Crippen LogP) is 3.07. The fraction of sp³-hybridized carbons (Fsp3) is 0.333. The molecule has 6 heteroatoms. The summed E-state index contributed by atoms with van der Waals surface area (Å²) in [7, 11) is 0. The number of amides is 2. The van der Waals surface area contributed by atoms with Crippen LogP contribution in [0, 0.1) is 11.3 Å². The molecule has 0 atom stereocenters. The van der Waals surface area contributed by atoms with E-state index in [1.54, 1.807) is 46.2 Å². The highest BCUT2D eigenvalue weighted by molar-refractivity contribution is 6.01. The Balaban J connectivity index is 1.45. The Morgan fingerprint density at radius 3 is 2.23 bits per heavy atom. The van der Waals surface area contributed by atoms with Crippen molar-refractivity contribution >= 4 is 17.6 Å². The molecule has 1 saturated heterocycles. The van der Waals surface area contributed by atoms with Gasteiger partial charge in [-0.25, -0.2) is 0 Å². The first-order chi connectivity index (χ1) is 14.6. The summed E-state index contributed by atoms with van der Waals surface area (Å²) in [6, 6.07) is 14.1. The zero-order chi connectivity index (χ0) is 21.1. The molecule has 2 aromatic carbocycles. The molecule has 30 heavy (non-hydrogen) atoms. The molecule has 0 radical (unpaired) electrons. The normalized spacial score (nSPS) is 16.4. The van der Waals surface area contributed by atoms with Gasteiger partial charge >= 0.3 is 0 Å². The molecule has 1 heterocycles. The van der Waals surface area contributed by atoms with E-state index in [1.807, 2.05) is 6.07 Å². The van der Waals surface area contributed by atoms with Crippen molar-refractivity contribution in [1.29, 1.82) is 5.26 Å². The summed E-state index contributed by atoms with van der Waals surface area (Å²) in [5.41, 5.74) is 3.25. The van der Waals surface area contributed by atoms with Gasteiger partial charge in [0.05, 0.1) is 11.6 Å². The van der Waals surface area contributed by atoms with Crippen LogP contribution in [0.2, 0.25) is 0 Å². The number of carbonyl (C=O) groups excluding carboxylic acids is 3. The van der Waals surface area contributed by atoms with Crippen molar-refractivity contribution in [2.75, 3.05) is 26.2 Å². The van der Waals surface area contributed by atoms with Crippen LogP contribution in [-0.2, 0) is 6.42 Å². The molecule has 6 nitrogen and oxygen atoms in total. The Hall–Kier alpha value is -3.46. The van der Waals surface area contributed by atoms with Crippen molar-refractivity contribution in [3.63, 3.8) is 0 Å². The van der Waals surface area contributed by atoms with Crippen molar-refractivity contribution in [1.82, 2.24) is 9.80 Å². The van der Waals surface area contributed by atoms with Crippen LogP contribution in [-0.4, -0.2) is 53.6 Å². The summed E-state index contributed by atoms with van der Waals surface area (Å²) >= 11 is 0. The van der Waals surface area contributed by atoms with Crippen LogP contribution < -0.4 is 0 Å². The van der Waals surface area contributed by atoms with Gasteiger partial charge in [-0.2, -0.15) is 5.26 Å². The third kappa shape index (κ3) is 3.97. The second-order valence-electron chi connectivity index (χ2n) is 7.78. The zero-order valence-corrected chi connectivity index (χ0v) is 16.8. The van der Waals surface area contributed by atoms with Crippen molar-refractivity contribution in [3.8, 4) is 6.07 Å². The monoisotopic (exact) mass is 401 g/mol. The molecule has 1 aliphatic carbocycles. The molecule has 0 spiro atoms. The first kappa shape index (κ1) is 19.8. The van der Waals surface area contributed by atoms with Gasteiger partial charge in [0.1, 0.15) is 0 Å². The van der Waals surface area contributed by atoms with E-state index in [9.17, 15) is 14.4 Å². The predicted molar refractivity (Wildman–Crippen MR) is 111 cm³/mol. The summed E-state index contributed by atoms with van der Waals surface area (Å²) in [5, 5.41) is 9.05. The van der Waals surface area contributed by atoms with E-state index in [4.69, 9.17) is 5.26 Å². The second-order valence-corrected chi connectivity index (χ2v) is 7.78. The molecule has 1 aliphatic heterocycles. The number of hydrogen-bond acceptors (Lipinski definition) is 4. The highest BCUT2D eigenvalue weighted by atomic mass is 16.2. The SMILES string of the molecule is N#Cc1cccc(C(=O)N2CCCN(C(=O)c3ccc4c(c3)CCCC4=O)CC2)c1. The third-order valence-electron chi connectivity index (χ3n) is 5.81. The minimum Gasteiger partial charge on any atom is -0.337 e. The van der Waals surface area contributed by atoms with Gasteiger partial charge in [0.25, 0.3) is 11.8 Å². The lowest BCUT2D eigenvalue weighted by Gasteiger charge is -2.23. The van der Waals surface area contributed by atoms with Gasteiger partial charge in [0, 0.05) is 49.3 Å². The van der Waals surface area contributed by atoms with E-state index in [2.05, 4.69) is 6.07 Å². The molecule has 2 amide bonds. The van der Waals surface area contributed by atoms with Crippen molar-refractivity contribution in [2.24, 2.45) is 0 Å². The number of benzene rings is 2. The van der Waals surface area contributed by atoms with Gasteiger partial charge in [0.15, 0.2) is 5.78 Å². The lowest BCUT2D eigenvalue weighted by Crippen LogP contribution is -2.37. The average molecular weight is 401 g/mol. The van der Waals surface area contributed by atoms with E-state index in [0.29, 0.717) is 55.7 Å². The first-order valence-electron chi connectivity index (χ1n) is 10.3. The standard InChI is InChI=1S/C24H23N3O3/c25-16-17-4-1-6-19(14-17)23(29)26-10-3-11-27(13-12-26)24(30)20-8-9-21-18(15-20)5-2-7-22(21)28/h1,4,6,8-9,14-15H,2-3,5,7,10-13H2. The smallest absolute Gasteiger partial charge is 0.253 e. The Morgan fingerprint density at radius 1 is 0.833 bits per heavy atom. The number of Topliss-reactive ketones (excluding diaryl/α,β-unsaturated/α-hetero) is 1. The van der Waals surface area contributed by atoms with Gasteiger partial charge < -0.3 is 9.80 Å². The lowest BCUT2D eigenvalue weighted by atomic mass is 9.89. The summed E-state index contributed by atoms with van der Waals surface area (Å²) in [5.74, 6) is -0.0232. The fourth-order valence-corrected chi connectivity index (χ4v) is 4.19. The molecular formula is C24H23N3O3. The molecule has 0 saturated carbocycles. The minimum atomic E-state index is -0.117. The number of hydrogen-bond donors (Lipinski definition) is 0. The maximum atomic E-state index is 13.1. The first-order valence-corrected chi connectivity index (χ1v) is 10.3. The molecule has 0 N–H and O–H groups in total. The molecule has 4 rings (SSSR count). The maximum Gasteiger partial charge on any atom is 0.253 e. The number of nitriles is 1. The van der Waals surface area contributed by atoms with Gasteiger partial charge in [0.2, 0.25) is 0 Å². The Labute approximate surface area is 175 Å². The van der Waals surface area contributed by atoms with Gasteiger partial charge in [-0.3, -0.25) is 14.4 Å². The topological polar surface area (TPSA) is 81.5 Å². The number of aryl methyl sites for hydroxylation is 1. The Bertz CT molecular complexity index is 1050. The fourth-order valence-electron chi connectivity index (χ4n) is 4.19. The number of fused-ring (bicyclic) bond motifs is 1. The highest BCUT2D eigenvalue weighted by Crippen LogP contribution is 2.23. The van der Waals surface area contributed by atoms with Gasteiger partial charge in [-0.15, -0.1) is 0 Å². The summed E-state index contributed by atoms with van der Waals surface area (Å²) in [6.07, 6.45) is 2.93.